The molecule has 0 bridgehead atoms. The lowest BCUT2D eigenvalue weighted by Crippen LogP contribution is -2.39. The summed E-state index contributed by atoms with van der Waals surface area (Å²) in [5.74, 6) is -0.129. The van der Waals surface area contributed by atoms with Crippen LogP contribution in [0.3, 0.4) is 0 Å². The molecule has 1 N–H and O–H groups in total. The van der Waals surface area contributed by atoms with Gasteiger partial charge in [-0.3, -0.25) is 4.79 Å². The molecule has 1 aromatic heterocycles. The first kappa shape index (κ1) is 11.6. The number of aromatic nitrogens is 3. The topological polar surface area (TPSA) is 71.1 Å². The van der Waals surface area contributed by atoms with Gasteiger partial charge in [0.25, 0.3) is 5.91 Å². The predicted octanol–water partition coefficient (Wildman–Crippen LogP) is 0.302. The van der Waals surface area contributed by atoms with Gasteiger partial charge in [0, 0.05) is 19.7 Å². The number of carbonyl (C=O) groups is 1. The van der Waals surface area contributed by atoms with E-state index in [0.717, 1.165) is 0 Å². The summed E-state index contributed by atoms with van der Waals surface area (Å²) in [4.78, 5) is 13.6. The van der Waals surface area contributed by atoms with Crippen molar-refractivity contribution in [3.63, 3.8) is 0 Å². The van der Waals surface area contributed by atoms with Crippen LogP contribution < -0.4 is 0 Å². The summed E-state index contributed by atoms with van der Waals surface area (Å²) in [5.41, 5.74) is 0.333. The van der Waals surface area contributed by atoms with Crippen LogP contribution in [0, 0.1) is 0 Å². The fraction of sp³-hybridized carbons (Fsp3) is 0.667. The first-order chi connectivity index (χ1) is 7.16. The Morgan fingerprint density at radius 1 is 1.67 bits per heavy atom. The summed E-state index contributed by atoms with van der Waals surface area (Å²) < 4.78 is 4.95. The molecule has 0 aliphatic rings. The zero-order valence-electron chi connectivity index (χ0n) is 9.23. The number of hydrogen-bond donors (Lipinski definition) is 1. The third-order valence-electron chi connectivity index (χ3n) is 2.05. The van der Waals surface area contributed by atoms with Crippen LogP contribution in [0.2, 0.25) is 0 Å². The molecular formula is C9H16N4O2. The number of nitrogens with zero attached hydrogens (tertiary/aromatic N) is 3. The van der Waals surface area contributed by atoms with Crippen LogP contribution in [0.5, 0.6) is 0 Å². The lowest BCUT2D eigenvalue weighted by molar-refractivity contribution is 0.0629. The van der Waals surface area contributed by atoms with Crippen LogP contribution in [-0.4, -0.2) is 52.5 Å². The highest BCUT2D eigenvalue weighted by Crippen LogP contribution is 2.04. The fourth-order valence-electron chi connectivity index (χ4n) is 1.24. The molecule has 1 amide bonds. The third-order valence-corrected chi connectivity index (χ3v) is 2.05. The highest BCUT2D eigenvalue weighted by atomic mass is 16.5. The van der Waals surface area contributed by atoms with Gasteiger partial charge >= 0.3 is 0 Å². The molecule has 0 aliphatic heterocycles. The number of carbonyl (C=O) groups excluding carboxylic acids is 1. The van der Waals surface area contributed by atoms with Gasteiger partial charge in [0.05, 0.1) is 12.8 Å². The van der Waals surface area contributed by atoms with Crippen molar-refractivity contribution in [3.05, 3.63) is 11.9 Å². The van der Waals surface area contributed by atoms with Gasteiger partial charge in [-0.1, -0.05) is 0 Å². The summed E-state index contributed by atoms with van der Waals surface area (Å²) >= 11 is 0. The Balaban J connectivity index is 2.67. The molecule has 0 spiro atoms. The minimum Gasteiger partial charge on any atom is -0.383 e. The molecule has 0 saturated heterocycles. The maximum Gasteiger partial charge on any atom is 0.276 e. The second-order valence-electron chi connectivity index (χ2n) is 3.44. The summed E-state index contributed by atoms with van der Waals surface area (Å²) in [6.07, 6.45) is 1.42. The van der Waals surface area contributed by atoms with Crippen LogP contribution in [0.25, 0.3) is 0 Å². The highest BCUT2D eigenvalue weighted by Gasteiger charge is 2.20. The number of amides is 1. The maximum absolute atomic E-state index is 11.9. The lowest BCUT2D eigenvalue weighted by atomic mass is 10.3. The summed E-state index contributed by atoms with van der Waals surface area (Å²) in [6, 6.07) is 0.115. The number of aromatic amines is 1. The van der Waals surface area contributed by atoms with Crippen molar-refractivity contribution in [1.29, 1.82) is 0 Å². The van der Waals surface area contributed by atoms with Crippen molar-refractivity contribution in [1.82, 2.24) is 20.3 Å². The minimum atomic E-state index is -0.129. The number of nitrogens with one attached hydrogen (secondary N) is 1. The normalized spacial score (nSPS) is 10.7. The van der Waals surface area contributed by atoms with Crippen molar-refractivity contribution in [2.75, 3.05) is 20.3 Å². The van der Waals surface area contributed by atoms with Crippen LogP contribution in [0.4, 0.5) is 0 Å². The van der Waals surface area contributed by atoms with Gasteiger partial charge in [-0.2, -0.15) is 15.4 Å². The van der Waals surface area contributed by atoms with E-state index in [9.17, 15) is 4.79 Å². The standard InChI is InChI=1S/C9H16N4O2/c1-7(2)13(4-5-15-3)9(14)8-6-10-12-11-8/h6-7H,4-5H2,1-3H3,(H,10,11,12). The Bertz CT molecular complexity index is 297. The Labute approximate surface area is 88.6 Å². The van der Waals surface area contributed by atoms with Gasteiger partial charge in [0.2, 0.25) is 0 Å². The van der Waals surface area contributed by atoms with Gasteiger partial charge in [-0.25, -0.2) is 0 Å². The molecule has 0 saturated carbocycles. The monoisotopic (exact) mass is 212 g/mol. The molecule has 1 aromatic rings. The molecule has 0 atom stereocenters. The van der Waals surface area contributed by atoms with Crippen molar-refractivity contribution in [2.45, 2.75) is 19.9 Å². The van der Waals surface area contributed by atoms with Crippen LogP contribution in [-0.2, 0) is 4.74 Å². The zero-order valence-corrected chi connectivity index (χ0v) is 9.23. The first-order valence-electron chi connectivity index (χ1n) is 4.82. The van der Waals surface area contributed by atoms with E-state index in [1.165, 1.54) is 6.20 Å². The van der Waals surface area contributed by atoms with Crippen LogP contribution in [0.1, 0.15) is 24.3 Å². The third kappa shape index (κ3) is 3.02. The lowest BCUT2D eigenvalue weighted by Gasteiger charge is -2.25. The summed E-state index contributed by atoms with van der Waals surface area (Å²) in [5, 5.41) is 9.79. The van der Waals surface area contributed by atoms with Crippen molar-refractivity contribution in [2.24, 2.45) is 0 Å². The van der Waals surface area contributed by atoms with Crippen LogP contribution in [0.15, 0.2) is 6.20 Å². The van der Waals surface area contributed by atoms with E-state index in [1.54, 1.807) is 12.0 Å². The summed E-state index contributed by atoms with van der Waals surface area (Å²) in [6.45, 7) is 4.98. The highest BCUT2D eigenvalue weighted by molar-refractivity contribution is 5.92. The Hall–Kier alpha value is -1.43. The Morgan fingerprint density at radius 2 is 2.40 bits per heavy atom. The minimum absolute atomic E-state index is 0.115. The van der Waals surface area contributed by atoms with E-state index < -0.39 is 0 Å². The smallest absolute Gasteiger partial charge is 0.276 e. The van der Waals surface area contributed by atoms with Gasteiger partial charge in [-0.05, 0) is 13.8 Å². The SMILES string of the molecule is COCCN(C(=O)c1cn[nH]n1)C(C)C. The number of ether oxygens (including phenoxy) is 1. The fourth-order valence-corrected chi connectivity index (χ4v) is 1.24. The number of rotatable bonds is 5. The van der Waals surface area contributed by atoms with Gasteiger partial charge in [-0.15, -0.1) is 0 Å². The van der Waals surface area contributed by atoms with Crippen LogP contribution >= 0.6 is 0 Å². The zero-order chi connectivity index (χ0) is 11.3. The van der Waals surface area contributed by atoms with Gasteiger partial charge < -0.3 is 9.64 Å². The Morgan fingerprint density at radius 3 is 2.87 bits per heavy atom. The molecule has 1 rings (SSSR count). The average molecular weight is 212 g/mol. The molecule has 0 aliphatic carbocycles. The molecule has 0 fully saturated rings. The summed E-state index contributed by atoms with van der Waals surface area (Å²) in [7, 11) is 1.61. The van der Waals surface area contributed by atoms with Crippen molar-refractivity contribution in [3.8, 4) is 0 Å². The Kier molecular flexibility index (Phi) is 4.23. The van der Waals surface area contributed by atoms with Crippen molar-refractivity contribution >= 4 is 5.91 Å². The molecule has 15 heavy (non-hydrogen) atoms. The van der Waals surface area contributed by atoms with E-state index in [0.29, 0.717) is 18.8 Å². The van der Waals surface area contributed by atoms with Gasteiger partial charge in [0.1, 0.15) is 0 Å². The van der Waals surface area contributed by atoms with E-state index >= 15 is 0 Å². The molecular weight excluding hydrogens is 196 g/mol. The first-order valence-corrected chi connectivity index (χ1v) is 4.82. The molecule has 0 aromatic carbocycles. The quantitative estimate of drug-likeness (QED) is 0.762. The molecule has 0 radical (unpaired) electrons. The molecule has 84 valence electrons. The second kappa shape index (κ2) is 5.45. The van der Waals surface area contributed by atoms with E-state index in [1.807, 2.05) is 13.8 Å². The number of H-pyrrole nitrogens is 1. The molecule has 6 heteroatoms. The van der Waals surface area contributed by atoms with E-state index in [2.05, 4.69) is 15.4 Å². The van der Waals surface area contributed by atoms with Gasteiger partial charge in [0.15, 0.2) is 5.69 Å². The number of hydrogen-bond acceptors (Lipinski definition) is 4. The number of methoxy groups -OCH3 is 1. The molecule has 1 heterocycles. The average Bonchev–Trinajstić information content (AvgIpc) is 2.70. The largest absolute Gasteiger partial charge is 0.383 e. The maximum atomic E-state index is 11.9. The van der Waals surface area contributed by atoms with E-state index in [4.69, 9.17) is 4.74 Å². The van der Waals surface area contributed by atoms with E-state index in [-0.39, 0.29) is 11.9 Å². The second-order valence-corrected chi connectivity index (χ2v) is 3.44. The van der Waals surface area contributed by atoms with Crippen molar-refractivity contribution < 1.29 is 9.53 Å². The molecule has 6 nitrogen and oxygen atoms in total. The molecule has 0 unspecified atom stereocenters. The predicted molar refractivity (Wildman–Crippen MR) is 54.4 cm³/mol.